The Hall–Kier alpha value is -3.62. The van der Waals surface area contributed by atoms with Gasteiger partial charge in [0.2, 0.25) is 5.91 Å². The molecule has 1 aromatic heterocycles. The molecule has 3 aromatic rings. The predicted octanol–water partition coefficient (Wildman–Crippen LogP) is 3.37. The molecular formula is C20H19F2N5O2. The van der Waals surface area contributed by atoms with Gasteiger partial charge in [-0.15, -0.1) is 5.10 Å². The molecule has 0 atom stereocenters. The lowest BCUT2D eigenvalue weighted by Crippen LogP contribution is -2.21. The van der Waals surface area contributed by atoms with Gasteiger partial charge in [0.15, 0.2) is 17.3 Å². The number of hydrogen-bond donors (Lipinski definition) is 2. The van der Waals surface area contributed by atoms with Crippen LogP contribution in [0, 0.1) is 32.4 Å². The molecule has 0 aliphatic heterocycles. The van der Waals surface area contributed by atoms with Crippen molar-refractivity contribution in [2.24, 2.45) is 0 Å². The van der Waals surface area contributed by atoms with Gasteiger partial charge in [-0.05, 0) is 50.1 Å². The second-order valence-electron chi connectivity index (χ2n) is 6.63. The molecule has 3 rings (SSSR count). The summed E-state index contributed by atoms with van der Waals surface area (Å²) in [6, 6.07) is 8.73. The normalized spacial score (nSPS) is 10.7. The average molecular weight is 399 g/mol. The minimum atomic E-state index is -1.08. The fourth-order valence-corrected chi connectivity index (χ4v) is 2.68. The predicted molar refractivity (Wildman–Crippen MR) is 104 cm³/mol. The molecule has 0 saturated carbocycles. The van der Waals surface area contributed by atoms with Gasteiger partial charge in [0.1, 0.15) is 6.54 Å². The first-order chi connectivity index (χ1) is 13.7. The standard InChI is InChI=1S/C20H19F2N5O2/c1-11-4-5-12(2)17(8-11)24-18(28)10-27-13(3)19(25-26-27)20(29)23-14-6-7-15(21)16(22)9-14/h4-9H,10H2,1-3H3,(H,23,29)(H,24,28). The van der Waals surface area contributed by atoms with Crippen LogP contribution in [0.15, 0.2) is 36.4 Å². The zero-order valence-electron chi connectivity index (χ0n) is 16.1. The first kappa shape index (κ1) is 20.1. The van der Waals surface area contributed by atoms with Crippen molar-refractivity contribution < 1.29 is 18.4 Å². The number of nitrogens with zero attached hydrogens (tertiary/aromatic N) is 3. The second kappa shape index (κ2) is 8.17. The average Bonchev–Trinajstić information content (AvgIpc) is 3.02. The van der Waals surface area contributed by atoms with E-state index in [4.69, 9.17) is 0 Å². The molecule has 0 radical (unpaired) electrons. The summed E-state index contributed by atoms with van der Waals surface area (Å²) in [7, 11) is 0. The monoisotopic (exact) mass is 399 g/mol. The van der Waals surface area contributed by atoms with Crippen LogP contribution < -0.4 is 10.6 Å². The molecule has 0 aliphatic carbocycles. The summed E-state index contributed by atoms with van der Waals surface area (Å²) in [5, 5.41) is 12.9. The number of carbonyl (C=O) groups excluding carboxylic acids is 2. The van der Waals surface area contributed by atoms with Gasteiger partial charge in [-0.25, -0.2) is 13.5 Å². The van der Waals surface area contributed by atoms with E-state index in [9.17, 15) is 18.4 Å². The Kier molecular flexibility index (Phi) is 5.67. The first-order valence-electron chi connectivity index (χ1n) is 8.78. The van der Waals surface area contributed by atoms with Crippen molar-refractivity contribution in [2.45, 2.75) is 27.3 Å². The lowest BCUT2D eigenvalue weighted by molar-refractivity contribution is -0.117. The quantitative estimate of drug-likeness (QED) is 0.688. The maximum absolute atomic E-state index is 13.3. The highest BCUT2D eigenvalue weighted by atomic mass is 19.2. The summed E-state index contributed by atoms with van der Waals surface area (Å²) in [6.07, 6.45) is 0. The summed E-state index contributed by atoms with van der Waals surface area (Å²) in [5.74, 6) is -3.06. The highest BCUT2D eigenvalue weighted by Crippen LogP contribution is 2.17. The van der Waals surface area contributed by atoms with E-state index >= 15 is 0 Å². The third kappa shape index (κ3) is 4.63. The highest BCUT2D eigenvalue weighted by molar-refractivity contribution is 6.03. The van der Waals surface area contributed by atoms with Crippen molar-refractivity contribution in [2.75, 3.05) is 10.6 Å². The van der Waals surface area contributed by atoms with Crippen LogP contribution in [0.4, 0.5) is 20.2 Å². The van der Waals surface area contributed by atoms with Crippen LogP contribution in [0.5, 0.6) is 0 Å². The number of amides is 2. The third-order valence-corrected chi connectivity index (χ3v) is 4.34. The van der Waals surface area contributed by atoms with Crippen LogP contribution in [0.25, 0.3) is 0 Å². The Morgan fingerprint density at radius 1 is 1.00 bits per heavy atom. The van der Waals surface area contributed by atoms with Crippen LogP contribution in [0.1, 0.15) is 27.3 Å². The number of aromatic nitrogens is 3. The smallest absolute Gasteiger partial charge is 0.278 e. The molecule has 1 heterocycles. The number of anilines is 2. The topological polar surface area (TPSA) is 88.9 Å². The van der Waals surface area contributed by atoms with E-state index in [2.05, 4.69) is 20.9 Å². The van der Waals surface area contributed by atoms with Gasteiger partial charge in [-0.1, -0.05) is 17.3 Å². The van der Waals surface area contributed by atoms with Gasteiger partial charge in [-0.3, -0.25) is 9.59 Å². The van der Waals surface area contributed by atoms with Gasteiger partial charge in [-0.2, -0.15) is 0 Å². The highest BCUT2D eigenvalue weighted by Gasteiger charge is 2.19. The van der Waals surface area contributed by atoms with E-state index in [1.807, 2.05) is 32.0 Å². The van der Waals surface area contributed by atoms with E-state index < -0.39 is 17.5 Å². The van der Waals surface area contributed by atoms with Crippen LogP contribution in [-0.4, -0.2) is 26.8 Å². The molecule has 0 spiro atoms. The Labute approximate surface area is 165 Å². The third-order valence-electron chi connectivity index (χ3n) is 4.34. The summed E-state index contributed by atoms with van der Waals surface area (Å²) < 4.78 is 27.6. The largest absolute Gasteiger partial charge is 0.324 e. The van der Waals surface area contributed by atoms with Crippen molar-refractivity contribution in [1.29, 1.82) is 0 Å². The maximum atomic E-state index is 13.3. The summed E-state index contributed by atoms with van der Waals surface area (Å²) >= 11 is 0. The minimum absolute atomic E-state index is 0.0192. The van der Waals surface area contributed by atoms with Crippen LogP contribution in [0.3, 0.4) is 0 Å². The molecule has 29 heavy (non-hydrogen) atoms. The zero-order chi connectivity index (χ0) is 21.1. The van der Waals surface area contributed by atoms with Crippen molar-refractivity contribution >= 4 is 23.2 Å². The van der Waals surface area contributed by atoms with Crippen molar-refractivity contribution in [1.82, 2.24) is 15.0 Å². The van der Waals surface area contributed by atoms with Gasteiger partial charge >= 0.3 is 0 Å². The van der Waals surface area contributed by atoms with Gasteiger partial charge < -0.3 is 10.6 Å². The summed E-state index contributed by atoms with van der Waals surface area (Å²) in [5.41, 5.74) is 3.06. The molecule has 2 N–H and O–H groups in total. The number of rotatable bonds is 5. The molecule has 0 unspecified atom stereocenters. The van der Waals surface area contributed by atoms with Gasteiger partial charge in [0.05, 0.1) is 5.69 Å². The lowest BCUT2D eigenvalue weighted by atomic mass is 10.1. The molecule has 150 valence electrons. The Morgan fingerprint density at radius 3 is 2.48 bits per heavy atom. The molecule has 0 saturated heterocycles. The molecule has 7 nitrogen and oxygen atoms in total. The maximum Gasteiger partial charge on any atom is 0.278 e. The fourth-order valence-electron chi connectivity index (χ4n) is 2.68. The van der Waals surface area contributed by atoms with Gasteiger partial charge in [0, 0.05) is 17.4 Å². The first-order valence-corrected chi connectivity index (χ1v) is 8.78. The summed E-state index contributed by atoms with van der Waals surface area (Å²) in [4.78, 5) is 24.7. The van der Waals surface area contributed by atoms with Crippen LogP contribution in [0.2, 0.25) is 0 Å². The molecule has 2 aromatic carbocycles. The number of nitrogens with one attached hydrogen (secondary N) is 2. The number of benzene rings is 2. The second-order valence-corrected chi connectivity index (χ2v) is 6.63. The van der Waals surface area contributed by atoms with Crippen LogP contribution >= 0.6 is 0 Å². The molecular weight excluding hydrogens is 380 g/mol. The Bertz CT molecular complexity index is 1090. The lowest BCUT2D eigenvalue weighted by Gasteiger charge is -2.10. The zero-order valence-corrected chi connectivity index (χ0v) is 16.1. The molecule has 0 bridgehead atoms. The fraction of sp³-hybridized carbons (Fsp3) is 0.200. The van der Waals surface area contributed by atoms with Gasteiger partial charge in [0.25, 0.3) is 5.91 Å². The number of aryl methyl sites for hydroxylation is 2. The van der Waals surface area contributed by atoms with Crippen LogP contribution in [-0.2, 0) is 11.3 Å². The van der Waals surface area contributed by atoms with Crippen molar-refractivity contribution in [3.8, 4) is 0 Å². The minimum Gasteiger partial charge on any atom is -0.324 e. The Balaban J connectivity index is 1.69. The summed E-state index contributed by atoms with van der Waals surface area (Å²) in [6.45, 7) is 5.26. The molecule has 0 fully saturated rings. The number of hydrogen-bond acceptors (Lipinski definition) is 4. The van der Waals surface area contributed by atoms with E-state index in [1.165, 1.54) is 10.7 Å². The number of halogens is 2. The van der Waals surface area contributed by atoms with E-state index in [0.29, 0.717) is 11.4 Å². The number of carbonyl (C=O) groups is 2. The molecule has 0 aliphatic rings. The van der Waals surface area contributed by atoms with E-state index in [1.54, 1.807) is 6.92 Å². The Morgan fingerprint density at radius 2 is 1.76 bits per heavy atom. The SMILES string of the molecule is Cc1ccc(C)c(NC(=O)Cn2nnc(C(=O)Nc3ccc(F)c(F)c3)c2C)c1. The van der Waals surface area contributed by atoms with Crippen molar-refractivity contribution in [3.63, 3.8) is 0 Å². The molecule has 9 heteroatoms. The molecule has 2 amide bonds. The van der Waals surface area contributed by atoms with Crippen molar-refractivity contribution in [3.05, 3.63) is 70.5 Å². The van der Waals surface area contributed by atoms with E-state index in [0.717, 1.165) is 23.3 Å². The van der Waals surface area contributed by atoms with E-state index in [-0.39, 0.29) is 23.8 Å².